The highest BCUT2D eigenvalue weighted by Gasteiger charge is 2.23. The Kier molecular flexibility index (Phi) is 7.10. The largest absolute Gasteiger partial charge is 0.465 e. The van der Waals surface area contributed by atoms with Gasteiger partial charge in [0.15, 0.2) is 0 Å². The van der Waals surface area contributed by atoms with E-state index in [0.29, 0.717) is 10.3 Å². The molecule has 1 aromatic heterocycles. The van der Waals surface area contributed by atoms with Gasteiger partial charge in [0.25, 0.3) is 0 Å². The number of thiophene rings is 1. The molecule has 0 aliphatic rings. The van der Waals surface area contributed by atoms with Gasteiger partial charge in [-0.2, -0.15) is 0 Å². The first-order valence-corrected chi connectivity index (χ1v) is 9.09. The van der Waals surface area contributed by atoms with E-state index >= 15 is 0 Å². The summed E-state index contributed by atoms with van der Waals surface area (Å²) in [6.07, 6.45) is 0.991. The maximum Gasteiger partial charge on any atom is 0.348 e. The van der Waals surface area contributed by atoms with Crippen molar-refractivity contribution in [3.8, 4) is 0 Å². The van der Waals surface area contributed by atoms with Gasteiger partial charge >= 0.3 is 5.97 Å². The van der Waals surface area contributed by atoms with Crippen LogP contribution in [0, 0.1) is 0 Å². The molecule has 1 heterocycles. The van der Waals surface area contributed by atoms with Gasteiger partial charge < -0.3 is 10.1 Å². The van der Waals surface area contributed by atoms with E-state index in [1.165, 1.54) is 13.2 Å². The zero-order chi connectivity index (χ0) is 15.2. The Bertz CT molecular complexity index is 557. The maximum absolute atomic E-state index is 12.1. The molecule has 0 atom stereocenters. The molecule has 0 saturated heterocycles. The summed E-state index contributed by atoms with van der Waals surface area (Å²) in [5.41, 5.74) is 0. The predicted molar refractivity (Wildman–Crippen MR) is 81.7 cm³/mol. The molecular formula is C11H17BrN2O4S2. The molecule has 0 unspecified atom stereocenters. The van der Waals surface area contributed by atoms with Crippen LogP contribution in [0.1, 0.15) is 23.0 Å². The Labute approximate surface area is 131 Å². The second-order valence-corrected chi connectivity index (χ2v) is 7.99. The third-order valence-corrected chi connectivity index (χ3v) is 6.05. The zero-order valence-corrected chi connectivity index (χ0v) is 14.5. The van der Waals surface area contributed by atoms with Gasteiger partial charge in [0.1, 0.15) is 9.77 Å². The first-order chi connectivity index (χ1) is 9.42. The number of carbonyl (C=O) groups is 1. The quantitative estimate of drug-likeness (QED) is 0.524. The Hall–Kier alpha value is -0.480. The molecule has 2 N–H and O–H groups in total. The van der Waals surface area contributed by atoms with Gasteiger partial charge in [0.05, 0.1) is 10.9 Å². The fraction of sp³-hybridized carbons (Fsp3) is 0.545. The van der Waals surface area contributed by atoms with Crippen molar-refractivity contribution in [1.29, 1.82) is 0 Å². The van der Waals surface area contributed by atoms with Gasteiger partial charge in [-0.15, -0.1) is 11.3 Å². The second kappa shape index (κ2) is 8.08. The fourth-order valence-corrected chi connectivity index (χ4v) is 4.90. The lowest BCUT2D eigenvalue weighted by molar-refractivity contribution is 0.0606. The predicted octanol–water partition coefficient (Wildman–Crippen LogP) is 1.58. The lowest BCUT2D eigenvalue weighted by atomic mass is 10.5. The van der Waals surface area contributed by atoms with E-state index in [9.17, 15) is 13.2 Å². The lowest BCUT2D eigenvalue weighted by Crippen LogP contribution is -2.32. The molecule has 0 amide bonds. The molecule has 1 aromatic rings. The van der Waals surface area contributed by atoms with E-state index in [4.69, 9.17) is 0 Å². The molecular weight excluding hydrogens is 368 g/mol. The number of halogens is 1. The Morgan fingerprint density at radius 1 is 1.40 bits per heavy atom. The average Bonchev–Trinajstić information content (AvgIpc) is 2.80. The van der Waals surface area contributed by atoms with Crippen molar-refractivity contribution < 1.29 is 17.9 Å². The first-order valence-electron chi connectivity index (χ1n) is 6.00. The minimum atomic E-state index is -3.63. The third kappa shape index (κ3) is 4.81. The van der Waals surface area contributed by atoms with Crippen LogP contribution in [0.3, 0.4) is 0 Å². The minimum Gasteiger partial charge on any atom is -0.465 e. The van der Waals surface area contributed by atoms with Crippen molar-refractivity contribution in [2.75, 3.05) is 26.7 Å². The third-order valence-electron chi connectivity index (χ3n) is 2.35. The number of carbonyl (C=O) groups excluding carboxylic acids is 1. The molecule has 0 aromatic carbocycles. The molecule has 0 spiro atoms. The molecule has 0 saturated carbocycles. The van der Waals surface area contributed by atoms with Crippen LogP contribution < -0.4 is 10.0 Å². The highest BCUT2D eigenvalue weighted by atomic mass is 79.9. The molecule has 1 rings (SSSR count). The first kappa shape index (κ1) is 17.6. The summed E-state index contributed by atoms with van der Waals surface area (Å²) < 4.78 is 31.6. The standard InChI is InChI=1S/C11H17BrN2O4S2/c1-3-4-13-5-6-14-20(16,17)9-7-8(11(15)18-2)19-10(9)12/h7,13-14H,3-6H2,1-2H3. The molecule has 20 heavy (non-hydrogen) atoms. The fourth-order valence-electron chi connectivity index (χ4n) is 1.39. The number of sulfonamides is 1. The number of methoxy groups -OCH3 is 1. The zero-order valence-electron chi connectivity index (χ0n) is 11.2. The van der Waals surface area contributed by atoms with E-state index in [0.717, 1.165) is 24.3 Å². The van der Waals surface area contributed by atoms with Crippen LogP contribution in [-0.2, 0) is 14.8 Å². The van der Waals surface area contributed by atoms with Gasteiger partial charge in [-0.25, -0.2) is 17.9 Å². The van der Waals surface area contributed by atoms with E-state index in [2.05, 4.69) is 30.7 Å². The van der Waals surface area contributed by atoms with Gasteiger partial charge in [0, 0.05) is 13.1 Å². The van der Waals surface area contributed by atoms with Crippen LogP contribution in [-0.4, -0.2) is 41.1 Å². The summed E-state index contributed by atoms with van der Waals surface area (Å²) in [6.45, 7) is 3.72. The van der Waals surface area contributed by atoms with Crippen LogP contribution in [0.25, 0.3) is 0 Å². The van der Waals surface area contributed by atoms with Gasteiger partial charge in [-0.1, -0.05) is 6.92 Å². The Morgan fingerprint density at radius 3 is 2.70 bits per heavy atom. The van der Waals surface area contributed by atoms with E-state index in [-0.39, 0.29) is 16.3 Å². The van der Waals surface area contributed by atoms with Crippen molar-refractivity contribution in [2.45, 2.75) is 18.2 Å². The summed E-state index contributed by atoms with van der Waals surface area (Å²) >= 11 is 4.19. The summed E-state index contributed by atoms with van der Waals surface area (Å²) in [5, 5.41) is 3.10. The van der Waals surface area contributed by atoms with E-state index in [1.54, 1.807) is 0 Å². The number of ether oxygens (including phenoxy) is 1. The van der Waals surface area contributed by atoms with Gasteiger partial charge in [0.2, 0.25) is 10.0 Å². The normalized spacial score (nSPS) is 11.6. The van der Waals surface area contributed by atoms with E-state index < -0.39 is 16.0 Å². The van der Waals surface area contributed by atoms with Crippen molar-refractivity contribution >= 4 is 43.3 Å². The number of hydrogen-bond acceptors (Lipinski definition) is 6. The van der Waals surface area contributed by atoms with Gasteiger partial charge in [-0.05, 0) is 35.0 Å². The second-order valence-electron chi connectivity index (χ2n) is 3.89. The SMILES string of the molecule is CCCNCCNS(=O)(=O)c1cc(C(=O)OC)sc1Br. The number of rotatable bonds is 8. The summed E-state index contributed by atoms with van der Waals surface area (Å²) in [4.78, 5) is 11.7. The smallest absolute Gasteiger partial charge is 0.348 e. The maximum atomic E-state index is 12.1. The molecule has 114 valence electrons. The number of esters is 1. The van der Waals surface area contributed by atoms with Crippen molar-refractivity contribution in [2.24, 2.45) is 0 Å². The summed E-state index contributed by atoms with van der Waals surface area (Å²) in [6, 6.07) is 1.31. The van der Waals surface area contributed by atoms with Gasteiger partial charge in [-0.3, -0.25) is 0 Å². The molecule has 0 radical (unpaired) electrons. The van der Waals surface area contributed by atoms with Crippen molar-refractivity contribution in [3.63, 3.8) is 0 Å². The lowest BCUT2D eigenvalue weighted by Gasteiger charge is -2.06. The molecule has 9 heteroatoms. The molecule has 0 aliphatic heterocycles. The van der Waals surface area contributed by atoms with Crippen LogP contribution >= 0.6 is 27.3 Å². The van der Waals surface area contributed by atoms with Crippen molar-refractivity contribution in [1.82, 2.24) is 10.0 Å². The Balaban J connectivity index is 2.72. The van der Waals surface area contributed by atoms with Crippen LogP contribution in [0.4, 0.5) is 0 Å². The van der Waals surface area contributed by atoms with Crippen LogP contribution in [0.2, 0.25) is 0 Å². The molecule has 0 fully saturated rings. The van der Waals surface area contributed by atoms with Crippen molar-refractivity contribution in [3.05, 3.63) is 14.7 Å². The van der Waals surface area contributed by atoms with Crippen LogP contribution in [0.5, 0.6) is 0 Å². The number of nitrogens with one attached hydrogen (secondary N) is 2. The highest BCUT2D eigenvalue weighted by Crippen LogP contribution is 2.31. The average molecular weight is 385 g/mol. The summed E-state index contributed by atoms with van der Waals surface area (Å²) in [7, 11) is -2.38. The molecule has 0 bridgehead atoms. The highest BCUT2D eigenvalue weighted by molar-refractivity contribution is 9.11. The summed E-state index contributed by atoms with van der Waals surface area (Å²) in [5.74, 6) is -0.554. The topological polar surface area (TPSA) is 84.5 Å². The van der Waals surface area contributed by atoms with E-state index in [1.807, 2.05) is 6.92 Å². The Morgan fingerprint density at radius 2 is 2.10 bits per heavy atom. The number of hydrogen-bond donors (Lipinski definition) is 2. The molecule has 0 aliphatic carbocycles. The monoisotopic (exact) mass is 384 g/mol. The minimum absolute atomic E-state index is 0.0541. The molecule has 6 nitrogen and oxygen atoms in total. The van der Waals surface area contributed by atoms with Crippen LogP contribution in [0.15, 0.2) is 14.7 Å².